The quantitative estimate of drug-likeness (QED) is 0.880. The fraction of sp³-hybridized carbons (Fsp3) is 0.611. The summed E-state index contributed by atoms with van der Waals surface area (Å²) in [6.45, 7) is 6.38. The minimum atomic E-state index is -4.89. The lowest BCUT2D eigenvalue weighted by molar-refractivity contribution is -0.174. The molecule has 0 aliphatic carbocycles. The van der Waals surface area contributed by atoms with E-state index in [1.165, 1.54) is 0 Å². The van der Waals surface area contributed by atoms with E-state index in [0.717, 1.165) is 12.1 Å². The Morgan fingerprint density at radius 3 is 2.65 bits per heavy atom. The van der Waals surface area contributed by atoms with E-state index in [-0.39, 0.29) is 7.47 Å². The number of hydrogen-bond acceptors (Lipinski definition) is 4. The van der Waals surface area contributed by atoms with Crippen LogP contribution in [0.3, 0.4) is 0 Å². The third kappa shape index (κ3) is 4.06. The van der Waals surface area contributed by atoms with Crippen molar-refractivity contribution in [3.63, 3.8) is 0 Å². The molecule has 8 heteroatoms. The van der Waals surface area contributed by atoms with E-state index in [9.17, 15) is 18.0 Å². The summed E-state index contributed by atoms with van der Waals surface area (Å²) in [5.74, 6) is -0.321. The molecule has 1 aromatic carbocycles. The molecule has 0 radical (unpaired) electrons. The van der Waals surface area contributed by atoms with Crippen LogP contribution >= 0.6 is 0 Å². The van der Waals surface area contributed by atoms with Crippen molar-refractivity contribution in [1.29, 1.82) is 0 Å². The molecule has 26 heavy (non-hydrogen) atoms. The fourth-order valence-electron chi connectivity index (χ4n) is 3.62. The van der Waals surface area contributed by atoms with Crippen LogP contribution < -0.4 is 14.8 Å². The summed E-state index contributed by atoms with van der Waals surface area (Å²) in [4.78, 5) is 13.6. The highest BCUT2D eigenvalue weighted by molar-refractivity contribution is 5.82. The molecule has 1 amide bonds. The van der Waals surface area contributed by atoms with E-state index in [4.69, 9.17) is 9.47 Å². The zero-order chi connectivity index (χ0) is 18.9. The molecule has 2 heterocycles. The first kappa shape index (κ1) is 18.8. The Balaban J connectivity index is 0.00000261. The maximum absolute atomic E-state index is 12.7. The molecule has 2 aliphatic heterocycles. The number of amides is 1. The number of ether oxygens (including phenoxy) is 2. The van der Waals surface area contributed by atoms with Crippen molar-refractivity contribution < 1.29 is 28.9 Å². The van der Waals surface area contributed by atoms with E-state index in [2.05, 4.69) is 24.1 Å². The number of fused-ring (bicyclic) bond motifs is 1. The molecule has 2 aliphatic rings. The second-order valence-corrected chi connectivity index (χ2v) is 7.10. The van der Waals surface area contributed by atoms with Gasteiger partial charge in [0.1, 0.15) is 13.2 Å². The van der Waals surface area contributed by atoms with Gasteiger partial charge in [0.05, 0.1) is 12.1 Å². The lowest BCUT2D eigenvalue weighted by atomic mass is 9.98. The summed E-state index contributed by atoms with van der Waals surface area (Å²) in [5, 5.41) is 2.17. The summed E-state index contributed by atoms with van der Waals surface area (Å²) in [6.07, 6.45) is -4.42. The van der Waals surface area contributed by atoms with Crippen molar-refractivity contribution in [1.82, 2.24) is 10.2 Å². The predicted octanol–water partition coefficient (Wildman–Crippen LogP) is 3.15. The van der Waals surface area contributed by atoms with Crippen LogP contribution in [0.4, 0.5) is 13.2 Å². The maximum atomic E-state index is 12.7. The van der Waals surface area contributed by atoms with Gasteiger partial charge in [0, 0.05) is 14.5 Å². The smallest absolute Gasteiger partial charge is 0.471 e. The third-order valence-corrected chi connectivity index (χ3v) is 4.58. The number of halogens is 3. The maximum Gasteiger partial charge on any atom is 0.471 e. The number of carbonyl (C=O) groups is 1. The first-order chi connectivity index (χ1) is 12.3. The standard InChI is InChI=1S/C18H23F3N2O3.H2/c1-11(2)10-23-6-5-13(22-17(24)18(19,20)21)16(23)12-3-4-14-15(9-12)26-8-7-25-14;/h3-4,9,11,13,16H,5-8,10H2,1-2H3,(H,22,24);1H/t13-,16?;/m0./s1. The number of nitrogens with one attached hydrogen (secondary N) is 1. The second kappa shape index (κ2) is 7.34. The first-order valence-corrected chi connectivity index (χ1v) is 8.77. The molecule has 1 N–H and O–H groups in total. The van der Waals surface area contributed by atoms with Gasteiger partial charge < -0.3 is 14.8 Å². The van der Waals surface area contributed by atoms with E-state index in [1.807, 2.05) is 12.1 Å². The van der Waals surface area contributed by atoms with Crippen molar-refractivity contribution in [3.8, 4) is 11.5 Å². The largest absolute Gasteiger partial charge is 0.486 e. The molecule has 146 valence electrons. The van der Waals surface area contributed by atoms with Gasteiger partial charge in [-0.2, -0.15) is 13.2 Å². The molecule has 5 nitrogen and oxygen atoms in total. The number of alkyl halides is 3. The lowest BCUT2D eigenvalue weighted by Crippen LogP contribution is -2.45. The van der Waals surface area contributed by atoms with Crippen molar-refractivity contribution in [2.75, 3.05) is 26.3 Å². The number of likely N-dealkylation sites (tertiary alicyclic amines) is 1. The Kier molecular flexibility index (Phi) is 5.32. The number of carbonyl (C=O) groups excluding carboxylic acids is 1. The van der Waals surface area contributed by atoms with Gasteiger partial charge in [-0.25, -0.2) is 0 Å². The highest BCUT2D eigenvalue weighted by atomic mass is 19.4. The van der Waals surface area contributed by atoms with Crippen LogP contribution in [0.15, 0.2) is 18.2 Å². The normalized spacial score (nSPS) is 23.3. The van der Waals surface area contributed by atoms with Gasteiger partial charge in [0.25, 0.3) is 0 Å². The molecule has 0 aromatic heterocycles. The highest BCUT2D eigenvalue weighted by Crippen LogP contribution is 2.38. The molecule has 3 rings (SSSR count). The van der Waals surface area contributed by atoms with Crippen LogP contribution in [-0.2, 0) is 4.79 Å². The Hall–Kier alpha value is -1.96. The number of rotatable bonds is 4. The van der Waals surface area contributed by atoms with Gasteiger partial charge in [-0.1, -0.05) is 19.9 Å². The van der Waals surface area contributed by atoms with Crippen molar-refractivity contribution in [2.45, 2.75) is 38.5 Å². The van der Waals surface area contributed by atoms with E-state index >= 15 is 0 Å². The second-order valence-electron chi connectivity index (χ2n) is 7.10. The van der Waals surface area contributed by atoms with Crippen LogP contribution in [-0.4, -0.2) is 49.3 Å². The highest BCUT2D eigenvalue weighted by Gasteiger charge is 2.44. The fourth-order valence-corrected chi connectivity index (χ4v) is 3.62. The number of hydrogen-bond donors (Lipinski definition) is 1. The van der Waals surface area contributed by atoms with Gasteiger partial charge in [-0.3, -0.25) is 9.69 Å². The van der Waals surface area contributed by atoms with Gasteiger partial charge in [-0.15, -0.1) is 0 Å². The monoisotopic (exact) mass is 374 g/mol. The molecule has 0 bridgehead atoms. The summed E-state index contributed by atoms with van der Waals surface area (Å²) in [6, 6.07) is 4.48. The molecule has 0 saturated carbocycles. The first-order valence-electron chi connectivity index (χ1n) is 8.77. The van der Waals surface area contributed by atoms with Gasteiger partial charge in [0.2, 0.25) is 0 Å². The van der Waals surface area contributed by atoms with Crippen LogP contribution in [0.2, 0.25) is 0 Å². The molecule has 2 atom stereocenters. The van der Waals surface area contributed by atoms with Gasteiger partial charge >= 0.3 is 12.1 Å². The minimum Gasteiger partial charge on any atom is -0.486 e. The van der Waals surface area contributed by atoms with Crippen molar-refractivity contribution in [3.05, 3.63) is 23.8 Å². The zero-order valence-corrected chi connectivity index (χ0v) is 14.8. The summed E-state index contributed by atoms with van der Waals surface area (Å²) < 4.78 is 49.2. The molecule has 1 aromatic rings. The zero-order valence-electron chi connectivity index (χ0n) is 14.8. The topological polar surface area (TPSA) is 50.8 Å². The average molecular weight is 374 g/mol. The molecule has 1 saturated heterocycles. The molecule has 0 spiro atoms. The summed E-state index contributed by atoms with van der Waals surface area (Å²) in [5.41, 5.74) is 0.819. The SMILES string of the molecule is CC(C)CN1CC[C@H](NC(=O)C(F)(F)F)C1c1ccc2c(c1)OCCO2.[HH]. The van der Waals surface area contributed by atoms with Gasteiger partial charge in [-0.05, 0) is 30.0 Å². The van der Waals surface area contributed by atoms with E-state index in [0.29, 0.717) is 43.6 Å². The van der Waals surface area contributed by atoms with Crippen LogP contribution in [0.1, 0.15) is 33.3 Å². The summed E-state index contributed by atoms with van der Waals surface area (Å²) >= 11 is 0. The van der Waals surface area contributed by atoms with Gasteiger partial charge in [0.15, 0.2) is 11.5 Å². The van der Waals surface area contributed by atoms with Crippen LogP contribution in [0.25, 0.3) is 0 Å². The Bertz CT molecular complexity index is 670. The number of nitrogens with zero attached hydrogens (tertiary/aromatic N) is 1. The van der Waals surface area contributed by atoms with E-state index < -0.39 is 18.1 Å². The minimum absolute atomic E-state index is 0. The number of benzene rings is 1. The Morgan fingerprint density at radius 1 is 1.31 bits per heavy atom. The Labute approximate surface area is 151 Å². The molecular weight excluding hydrogens is 349 g/mol. The van der Waals surface area contributed by atoms with E-state index in [1.54, 1.807) is 6.07 Å². The lowest BCUT2D eigenvalue weighted by Gasteiger charge is -2.31. The predicted molar refractivity (Wildman–Crippen MR) is 91.3 cm³/mol. The molecule has 1 unspecified atom stereocenters. The summed E-state index contributed by atoms with van der Waals surface area (Å²) in [7, 11) is 0. The van der Waals surface area contributed by atoms with Crippen molar-refractivity contribution in [2.24, 2.45) is 5.92 Å². The molecule has 1 fully saturated rings. The van der Waals surface area contributed by atoms with Crippen LogP contribution in [0.5, 0.6) is 11.5 Å². The van der Waals surface area contributed by atoms with Crippen LogP contribution in [0, 0.1) is 5.92 Å². The average Bonchev–Trinajstić information content (AvgIpc) is 2.95. The Morgan fingerprint density at radius 2 is 2.00 bits per heavy atom. The molecular formula is C18H25F3N2O3. The van der Waals surface area contributed by atoms with Crippen molar-refractivity contribution >= 4 is 5.91 Å². The third-order valence-electron chi connectivity index (χ3n) is 4.58.